The van der Waals surface area contributed by atoms with Crippen LogP contribution < -0.4 is 5.32 Å². The minimum atomic E-state index is 0.000392. The molecule has 3 heterocycles. The molecule has 3 aromatic rings. The second kappa shape index (κ2) is 8.89. The van der Waals surface area contributed by atoms with Crippen LogP contribution in [0.1, 0.15) is 39.3 Å². The summed E-state index contributed by atoms with van der Waals surface area (Å²) < 4.78 is 2.06. The molecule has 0 bridgehead atoms. The summed E-state index contributed by atoms with van der Waals surface area (Å²) in [6.45, 7) is 4.68. The largest absolute Gasteiger partial charge is 0.329 e. The lowest BCUT2D eigenvalue weighted by Crippen LogP contribution is -2.41. The van der Waals surface area contributed by atoms with Crippen LogP contribution in [0.25, 0.3) is 0 Å². The number of nitrogens with one attached hydrogen (secondary N) is 1. The van der Waals surface area contributed by atoms with E-state index in [2.05, 4.69) is 25.9 Å². The zero-order chi connectivity index (χ0) is 20.9. The van der Waals surface area contributed by atoms with Crippen molar-refractivity contribution in [3.63, 3.8) is 0 Å². The van der Waals surface area contributed by atoms with Crippen LogP contribution in [0.2, 0.25) is 0 Å². The van der Waals surface area contributed by atoms with Gasteiger partial charge in [0.2, 0.25) is 0 Å². The monoisotopic (exact) mass is 400 g/mol. The van der Waals surface area contributed by atoms with E-state index >= 15 is 0 Å². The number of nitriles is 1. The van der Waals surface area contributed by atoms with Crippen molar-refractivity contribution in [1.82, 2.24) is 24.8 Å². The molecule has 1 aliphatic heterocycles. The Morgan fingerprint density at radius 3 is 2.87 bits per heavy atom. The van der Waals surface area contributed by atoms with E-state index in [1.165, 1.54) is 0 Å². The summed E-state index contributed by atoms with van der Waals surface area (Å²) in [4.78, 5) is 24.0. The van der Waals surface area contributed by atoms with Gasteiger partial charge >= 0.3 is 0 Å². The van der Waals surface area contributed by atoms with Crippen LogP contribution in [0.15, 0.2) is 55.1 Å². The highest BCUT2D eigenvalue weighted by molar-refractivity contribution is 5.95. The Kier molecular flexibility index (Phi) is 5.87. The maximum atomic E-state index is 13.4. The van der Waals surface area contributed by atoms with E-state index in [9.17, 15) is 4.79 Å². The lowest BCUT2D eigenvalue weighted by molar-refractivity contribution is 0.0670. The molecule has 0 unspecified atom stereocenters. The Hall–Kier alpha value is -3.50. The average molecular weight is 400 g/mol. The standard InChI is InChI=1S/C23H24N6O/c1-17-22(3-2-9-27-17)23(30)29(20-8-10-25-12-20)15-21-13-26-16-28(21)14-19-6-4-18(11-24)5-7-19/h2-7,9,13,16,20,25H,8,10,12,14-15H2,1H3/t20-/m1/s1. The summed E-state index contributed by atoms with van der Waals surface area (Å²) in [6, 6.07) is 13.5. The molecule has 1 N–H and O–H groups in total. The number of hydrogen-bond donors (Lipinski definition) is 1. The fourth-order valence-electron chi connectivity index (χ4n) is 3.82. The van der Waals surface area contributed by atoms with Crippen molar-refractivity contribution in [1.29, 1.82) is 5.26 Å². The van der Waals surface area contributed by atoms with Gasteiger partial charge in [0.1, 0.15) is 0 Å². The first kappa shape index (κ1) is 19.8. The van der Waals surface area contributed by atoms with Crippen LogP contribution in [-0.2, 0) is 13.1 Å². The van der Waals surface area contributed by atoms with E-state index in [1.807, 2.05) is 48.4 Å². The predicted molar refractivity (Wildman–Crippen MR) is 113 cm³/mol. The molecule has 1 amide bonds. The average Bonchev–Trinajstić information content (AvgIpc) is 3.45. The number of imidazole rings is 1. The van der Waals surface area contributed by atoms with E-state index < -0.39 is 0 Å². The maximum absolute atomic E-state index is 13.4. The first-order valence-corrected chi connectivity index (χ1v) is 10.1. The minimum absolute atomic E-state index is 0.000392. The summed E-state index contributed by atoms with van der Waals surface area (Å²) in [5, 5.41) is 12.3. The van der Waals surface area contributed by atoms with E-state index in [0.717, 1.165) is 36.5 Å². The van der Waals surface area contributed by atoms with Gasteiger partial charge in [-0.15, -0.1) is 0 Å². The van der Waals surface area contributed by atoms with Crippen molar-refractivity contribution in [3.8, 4) is 6.07 Å². The van der Waals surface area contributed by atoms with Crippen LogP contribution in [0.4, 0.5) is 0 Å². The molecule has 1 aliphatic rings. The molecule has 0 aliphatic carbocycles. The summed E-state index contributed by atoms with van der Waals surface area (Å²) in [5.41, 5.74) is 4.08. The molecule has 7 nitrogen and oxygen atoms in total. The summed E-state index contributed by atoms with van der Waals surface area (Å²) in [5.74, 6) is 0.000392. The number of benzene rings is 1. The molecule has 1 atom stereocenters. The van der Waals surface area contributed by atoms with Gasteiger partial charge in [-0.1, -0.05) is 12.1 Å². The Morgan fingerprint density at radius 2 is 2.17 bits per heavy atom. The van der Waals surface area contributed by atoms with E-state index in [1.54, 1.807) is 18.6 Å². The molecule has 0 saturated carbocycles. The molecule has 30 heavy (non-hydrogen) atoms. The third-order valence-corrected chi connectivity index (χ3v) is 5.54. The van der Waals surface area contributed by atoms with E-state index in [4.69, 9.17) is 5.26 Å². The normalized spacial score (nSPS) is 15.7. The number of aryl methyl sites for hydroxylation is 1. The highest BCUT2D eigenvalue weighted by Gasteiger charge is 2.29. The summed E-state index contributed by atoms with van der Waals surface area (Å²) in [6.07, 6.45) is 6.25. The second-order valence-electron chi connectivity index (χ2n) is 7.54. The fraction of sp³-hybridized carbons (Fsp3) is 0.304. The van der Waals surface area contributed by atoms with Crippen molar-refractivity contribution in [3.05, 3.63) is 83.2 Å². The number of hydrogen-bond acceptors (Lipinski definition) is 5. The quantitative estimate of drug-likeness (QED) is 0.687. The molecule has 1 fully saturated rings. The zero-order valence-electron chi connectivity index (χ0n) is 17.0. The van der Waals surface area contributed by atoms with Gasteiger partial charge in [-0.2, -0.15) is 5.26 Å². The number of carbonyl (C=O) groups is 1. The summed E-state index contributed by atoms with van der Waals surface area (Å²) in [7, 11) is 0. The highest BCUT2D eigenvalue weighted by atomic mass is 16.2. The molecular formula is C23H24N6O. The van der Waals surface area contributed by atoms with Crippen LogP contribution in [0.5, 0.6) is 0 Å². The lowest BCUT2D eigenvalue weighted by atomic mass is 10.1. The van der Waals surface area contributed by atoms with E-state index in [0.29, 0.717) is 24.2 Å². The van der Waals surface area contributed by atoms with Crippen molar-refractivity contribution in [2.24, 2.45) is 0 Å². The number of pyridine rings is 1. The van der Waals surface area contributed by atoms with Gasteiger partial charge in [0, 0.05) is 37.2 Å². The van der Waals surface area contributed by atoms with Crippen molar-refractivity contribution in [2.45, 2.75) is 32.5 Å². The Bertz CT molecular complexity index is 1060. The first-order chi connectivity index (χ1) is 14.7. The van der Waals surface area contributed by atoms with Crippen molar-refractivity contribution >= 4 is 5.91 Å². The third kappa shape index (κ3) is 4.24. The minimum Gasteiger partial charge on any atom is -0.329 e. The molecule has 7 heteroatoms. The van der Waals surface area contributed by atoms with Gasteiger partial charge in [-0.3, -0.25) is 9.78 Å². The molecule has 152 valence electrons. The molecule has 0 radical (unpaired) electrons. The van der Waals surface area contributed by atoms with Crippen molar-refractivity contribution < 1.29 is 4.79 Å². The SMILES string of the molecule is Cc1ncccc1C(=O)N(Cc1cncn1Cc1ccc(C#N)cc1)[C@@H]1CCNC1. The second-order valence-corrected chi connectivity index (χ2v) is 7.54. The van der Waals surface area contributed by atoms with Gasteiger partial charge in [0.15, 0.2) is 0 Å². The van der Waals surface area contributed by atoms with Gasteiger partial charge in [0.25, 0.3) is 5.91 Å². The number of amides is 1. The van der Waals surface area contributed by atoms with Crippen LogP contribution in [0, 0.1) is 18.3 Å². The van der Waals surface area contributed by atoms with Gasteiger partial charge in [-0.25, -0.2) is 4.98 Å². The molecule has 0 spiro atoms. The van der Waals surface area contributed by atoms with Crippen LogP contribution >= 0.6 is 0 Å². The smallest absolute Gasteiger partial charge is 0.256 e. The molecule has 2 aromatic heterocycles. The predicted octanol–water partition coefficient (Wildman–Crippen LogP) is 2.51. The lowest BCUT2D eigenvalue weighted by Gasteiger charge is -2.29. The van der Waals surface area contributed by atoms with Crippen LogP contribution in [0.3, 0.4) is 0 Å². The number of aromatic nitrogens is 3. The molecule has 1 aromatic carbocycles. The Labute approximate surface area is 176 Å². The number of carbonyl (C=O) groups excluding carboxylic acids is 1. The zero-order valence-corrected chi connectivity index (χ0v) is 17.0. The van der Waals surface area contributed by atoms with E-state index in [-0.39, 0.29) is 11.9 Å². The van der Waals surface area contributed by atoms with Crippen LogP contribution in [-0.4, -0.2) is 44.5 Å². The maximum Gasteiger partial charge on any atom is 0.256 e. The van der Waals surface area contributed by atoms with Gasteiger partial charge < -0.3 is 14.8 Å². The first-order valence-electron chi connectivity index (χ1n) is 10.1. The topological polar surface area (TPSA) is 86.8 Å². The molecule has 1 saturated heterocycles. The molecule has 4 rings (SSSR count). The number of rotatable bonds is 6. The van der Waals surface area contributed by atoms with Gasteiger partial charge in [0.05, 0.1) is 35.8 Å². The van der Waals surface area contributed by atoms with Gasteiger partial charge in [-0.05, 0) is 49.7 Å². The molecular weight excluding hydrogens is 376 g/mol. The Balaban J connectivity index is 1.58. The number of nitrogens with zero attached hydrogens (tertiary/aromatic N) is 5. The highest BCUT2D eigenvalue weighted by Crippen LogP contribution is 2.19. The fourth-order valence-corrected chi connectivity index (χ4v) is 3.82. The summed E-state index contributed by atoms with van der Waals surface area (Å²) >= 11 is 0. The Morgan fingerprint density at radius 1 is 1.33 bits per heavy atom. The van der Waals surface area contributed by atoms with Crippen molar-refractivity contribution in [2.75, 3.05) is 13.1 Å². The third-order valence-electron chi connectivity index (χ3n) is 5.54.